The van der Waals surface area contributed by atoms with Gasteiger partial charge in [-0.1, -0.05) is 0 Å². The molecule has 3 rings (SSSR count). The molecule has 0 fully saturated rings. The van der Waals surface area contributed by atoms with Crippen LogP contribution in [0.15, 0.2) is 22.7 Å². The minimum atomic E-state index is -4.39. The molecule has 1 unspecified atom stereocenters. The Labute approximate surface area is 131 Å². The zero-order valence-electron chi connectivity index (χ0n) is 12.4. The van der Waals surface area contributed by atoms with Gasteiger partial charge in [0.15, 0.2) is 5.69 Å². The molecule has 2 aromatic heterocycles. The predicted molar refractivity (Wildman–Crippen MR) is 75.4 cm³/mol. The zero-order chi connectivity index (χ0) is 16.4. The van der Waals surface area contributed by atoms with Crippen LogP contribution in [0, 0.1) is 5.92 Å². The van der Waals surface area contributed by atoms with Crippen molar-refractivity contribution in [3.8, 4) is 0 Å². The molecular formula is C15H18F3N3O2. The van der Waals surface area contributed by atoms with Crippen LogP contribution in [0.5, 0.6) is 0 Å². The van der Waals surface area contributed by atoms with E-state index in [1.165, 1.54) is 0 Å². The van der Waals surface area contributed by atoms with Gasteiger partial charge < -0.3 is 19.4 Å². The fraction of sp³-hybridized carbons (Fsp3) is 0.533. The second-order valence-corrected chi connectivity index (χ2v) is 5.75. The lowest BCUT2D eigenvalue weighted by molar-refractivity contribution is -0.141. The highest BCUT2D eigenvalue weighted by atomic mass is 19.4. The van der Waals surface area contributed by atoms with E-state index < -0.39 is 11.9 Å². The van der Waals surface area contributed by atoms with Crippen LogP contribution in [0.25, 0.3) is 0 Å². The Balaban J connectivity index is 1.52. The van der Waals surface area contributed by atoms with Crippen LogP contribution < -0.4 is 5.32 Å². The molecule has 2 aromatic rings. The average molecular weight is 329 g/mol. The molecule has 0 saturated carbocycles. The van der Waals surface area contributed by atoms with E-state index in [1.807, 2.05) is 0 Å². The number of furan rings is 1. The van der Waals surface area contributed by atoms with E-state index in [4.69, 9.17) is 9.52 Å². The lowest BCUT2D eigenvalue weighted by Gasteiger charge is -2.23. The number of imidazole rings is 1. The van der Waals surface area contributed by atoms with Crippen molar-refractivity contribution >= 4 is 0 Å². The maximum Gasteiger partial charge on any atom is 0.434 e. The van der Waals surface area contributed by atoms with Crippen LogP contribution in [0.3, 0.4) is 0 Å². The summed E-state index contributed by atoms with van der Waals surface area (Å²) in [5.41, 5.74) is -0.812. The van der Waals surface area contributed by atoms with Gasteiger partial charge in [-0.15, -0.1) is 0 Å². The van der Waals surface area contributed by atoms with Crippen LogP contribution in [-0.4, -0.2) is 21.2 Å². The molecule has 1 aliphatic heterocycles. The smallest absolute Gasteiger partial charge is 0.434 e. The molecule has 0 aromatic carbocycles. The Kier molecular flexibility index (Phi) is 4.45. The summed E-state index contributed by atoms with van der Waals surface area (Å²) in [5.74, 6) is 2.01. The third-order valence-electron chi connectivity index (χ3n) is 3.99. The number of hydrogen-bond acceptors (Lipinski definition) is 4. The number of aliphatic hydroxyl groups is 1. The largest absolute Gasteiger partial charge is 0.462 e. The molecule has 0 saturated heterocycles. The molecule has 23 heavy (non-hydrogen) atoms. The quantitative estimate of drug-likeness (QED) is 0.884. The maximum absolute atomic E-state index is 12.7. The van der Waals surface area contributed by atoms with Gasteiger partial charge in [0, 0.05) is 25.7 Å². The van der Waals surface area contributed by atoms with Crippen molar-refractivity contribution in [3.05, 3.63) is 41.4 Å². The van der Waals surface area contributed by atoms with E-state index >= 15 is 0 Å². The lowest BCUT2D eigenvalue weighted by Crippen LogP contribution is -2.29. The van der Waals surface area contributed by atoms with Crippen LogP contribution >= 0.6 is 0 Å². The Bertz CT molecular complexity index is 663. The van der Waals surface area contributed by atoms with Crippen molar-refractivity contribution < 1.29 is 22.7 Å². The summed E-state index contributed by atoms with van der Waals surface area (Å²) in [7, 11) is 0. The van der Waals surface area contributed by atoms with Gasteiger partial charge in [-0.3, -0.25) is 0 Å². The van der Waals surface area contributed by atoms with Gasteiger partial charge in [-0.25, -0.2) is 4.98 Å². The summed E-state index contributed by atoms with van der Waals surface area (Å²) >= 11 is 0. The lowest BCUT2D eigenvalue weighted by atomic mass is 9.99. The predicted octanol–water partition coefficient (Wildman–Crippen LogP) is 2.34. The molecule has 5 nitrogen and oxygen atoms in total. The topological polar surface area (TPSA) is 63.2 Å². The standard InChI is InChI=1S/C15H18F3N3O2/c16-15(17,18)13-8-21-7-10(1-4-14(21)20-13)5-19-6-11-2-3-12(9-22)23-11/h2-3,8,10,19,22H,1,4-7,9H2. The highest BCUT2D eigenvalue weighted by Crippen LogP contribution is 2.30. The van der Waals surface area contributed by atoms with Crippen molar-refractivity contribution in [1.29, 1.82) is 0 Å². The normalized spacial score (nSPS) is 18.2. The number of fused-ring (bicyclic) bond motifs is 1. The van der Waals surface area contributed by atoms with Gasteiger partial charge in [0.2, 0.25) is 0 Å². The first kappa shape index (κ1) is 16.1. The van der Waals surface area contributed by atoms with Crippen LogP contribution in [-0.2, 0) is 32.3 Å². The molecule has 0 aliphatic carbocycles. The zero-order valence-corrected chi connectivity index (χ0v) is 12.4. The number of aromatic nitrogens is 2. The number of hydrogen-bond donors (Lipinski definition) is 2. The molecular weight excluding hydrogens is 311 g/mol. The minimum absolute atomic E-state index is 0.131. The number of rotatable bonds is 5. The Morgan fingerprint density at radius 3 is 2.83 bits per heavy atom. The van der Waals surface area contributed by atoms with Gasteiger partial charge in [0.05, 0.1) is 6.54 Å². The number of halogens is 3. The fourth-order valence-electron chi connectivity index (χ4n) is 2.82. The van der Waals surface area contributed by atoms with Crippen LogP contribution in [0.1, 0.15) is 29.5 Å². The van der Waals surface area contributed by atoms with Crippen molar-refractivity contribution in [1.82, 2.24) is 14.9 Å². The van der Waals surface area contributed by atoms with Crippen molar-refractivity contribution in [2.45, 2.75) is 38.7 Å². The molecule has 0 bridgehead atoms. The van der Waals surface area contributed by atoms with Gasteiger partial charge in [0.1, 0.15) is 24.0 Å². The molecule has 8 heteroatoms. The summed E-state index contributed by atoms with van der Waals surface area (Å²) in [6.45, 7) is 1.62. The number of aryl methyl sites for hydroxylation is 1. The molecule has 126 valence electrons. The van der Waals surface area contributed by atoms with E-state index in [0.29, 0.717) is 37.6 Å². The molecule has 2 N–H and O–H groups in total. The summed E-state index contributed by atoms with van der Waals surface area (Å²) in [6, 6.07) is 3.51. The van der Waals surface area contributed by atoms with Crippen molar-refractivity contribution in [2.24, 2.45) is 5.92 Å². The van der Waals surface area contributed by atoms with E-state index in [2.05, 4.69) is 10.3 Å². The summed E-state index contributed by atoms with van der Waals surface area (Å²) in [4.78, 5) is 3.68. The Morgan fingerprint density at radius 1 is 1.35 bits per heavy atom. The minimum Gasteiger partial charge on any atom is -0.462 e. The fourth-order valence-corrected chi connectivity index (χ4v) is 2.82. The second kappa shape index (κ2) is 6.37. The highest BCUT2D eigenvalue weighted by molar-refractivity contribution is 5.10. The van der Waals surface area contributed by atoms with Crippen molar-refractivity contribution in [3.63, 3.8) is 0 Å². The van der Waals surface area contributed by atoms with Gasteiger partial charge >= 0.3 is 6.18 Å². The number of nitrogens with one attached hydrogen (secondary N) is 1. The highest BCUT2D eigenvalue weighted by Gasteiger charge is 2.35. The SMILES string of the molecule is OCc1ccc(CNCC2CCc3nc(C(F)(F)F)cn3C2)o1. The molecule has 0 amide bonds. The van der Waals surface area contributed by atoms with E-state index in [0.717, 1.165) is 18.4 Å². The maximum atomic E-state index is 12.7. The van der Waals surface area contributed by atoms with E-state index in [1.54, 1.807) is 16.7 Å². The Morgan fingerprint density at radius 2 is 2.13 bits per heavy atom. The molecule has 1 aliphatic rings. The van der Waals surface area contributed by atoms with Crippen LogP contribution in [0.2, 0.25) is 0 Å². The number of aliphatic hydroxyl groups excluding tert-OH is 1. The molecule has 3 heterocycles. The number of nitrogens with zero attached hydrogens (tertiary/aromatic N) is 2. The molecule has 0 radical (unpaired) electrons. The summed E-state index contributed by atoms with van der Waals surface area (Å²) in [6.07, 6.45) is -1.93. The van der Waals surface area contributed by atoms with E-state index in [-0.39, 0.29) is 12.5 Å². The second-order valence-electron chi connectivity index (χ2n) is 5.75. The van der Waals surface area contributed by atoms with Gasteiger partial charge in [-0.2, -0.15) is 13.2 Å². The van der Waals surface area contributed by atoms with Crippen LogP contribution in [0.4, 0.5) is 13.2 Å². The number of alkyl halides is 3. The third-order valence-corrected chi connectivity index (χ3v) is 3.99. The third kappa shape index (κ3) is 3.76. The first-order valence-corrected chi connectivity index (χ1v) is 7.48. The molecule has 1 atom stereocenters. The summed E-state index contributed by atoms with van der Waals surface area (Å²) in [5, 5.41) is 12.2. The van der Waals surface area contributed by atoms with Gasteiger partial charge in [0.25, 0.3) is 0 Å². The first-order chi connectivity index (χ1) is 11.0. The van der Waals surface area contributed by atoms with E-state index in [9.17, 15) is 13.2 Å². The monoisotopic (exact) mass is 329 g/mol. The Hall–Kier alpha value is -1.80. The average Bonchev–Trinajstić information content (AvgIpc) is 3.12. The summed E-state index contributed by atoms with van der Waals surface area (Å²) < 4.78 is 45.0. The van der Waals surface area contributed by atoms with Gasteiger partial charge in [-0.05, 0) is 24.5 Å². The molecule has 0 spiro atoms. The van der Waals surface area contributed by atoms with Crippen molar-refractivity contribution in [2.75, 3.05) is 6.54 Å². The first-order valence-electron chi connectivity index (χ1n) is 7.48.